The Kier molecular flexibility index (Phi) is 5.63. The molecule has 0 unspecified atom stereocenters. The van der Waals surface area contributed by atoms with E-state index in [1.165, 1.54) is 5.56 Å². The third-order valence-electron chi connectivity index (χ3n) is 5.19. The summed E-state index contributed by atoms with van der Waals surface area (Å²) in [5.74, 6) is -0.265. The lowest BCUT2D eigenvalue weighted by atomic mass is 9.87. The van der Waals surface area contributed by atoms with Crippen molar-refractivity contribution in [2.45, 2.75) is 26.2 Å². The van der Waals surface area contributed by atoms with Crippen LogP contribution in [0.2, 0.25) is 0 Å². The fraction of sp³-hybridized carbons (Fsp3) is 0.148. The van der Waals surface area contributed by atoms with Gasteiger partial charge in [0.25, 0.3) is 5.91 Å². The molecule has 4 nitrogen and oxygen atoms in total. The first-order valence-electron chi connectivity index (χ1n) is 10.3. The van der Waals surface area contributed by atoms with E-state index in [1.807, 2.05) is 72.8 Å². The highest BCUT2D eigenvalue weighted by Crippen LogP contribution is 2.25. The average molecular weight is 408 g/mol. The SMILES string of the molecule is CC(C)(C)c1ccc(C=NNC(=O)c2cc(-c3ccccc3)nc3ccccc23)cc1. The first kappa shape index (κ1) is 20.5. The third-order valence-corrected chi connectivity index (χ3v) is 5.19. The lowest BCUT2D eigenvalue weighted by Gasteiger charge is -2.18. The van der Waals surface area contributed by atoms with Crippen molar-refractivity contribution in [3.8, 4) is 11.3 Å². The molecule has 154 valence electrons. The molecule has 4 heteroatoms. The van der Waals surface area contributed by atoms with Gasteiger partial charge in [-0.25, -0.2) is 10.4 Å². The number of nitrogens with one attached hydrogen (secondary N) is 1. The minimum Gasteiger partial charge on any atom is -0.267 e. The van der Waals surface area contributed by atoms with Crippen molar-refractivity contribution >= 4 is 23.0 Å². The molecule has 0 aliphatic carbocycles. The smallest absolute Gasteiger partial charge is 0.267 e. The maximum absolute atomic E-state index is 13.0. The standard InChI is InChI=1S/C27H25N3O/c1-27(2,3)21-15-13-19(14-16-21)18-28-30-26(31)23-17-25(20-9-5-4-6-10-20)29-24-12-8-7-11-22(23)24/h4-18H,1-3H3,(H,30,31). The molecular weight excluding hydrogens is 382 g/mol. The van der Waals surface area contributed by atoms with E-state index in [-0.39, 0.29) is 11.3 Å². The van der Waals surface area contributed by atoms with Crippen LogP contribution in [-0.2, 0) is 5.41 Å². The Bertz CT molecular complexity index is 1240. The van der Waals surface area contributed by atoms with Crippen molar-refractivity contribution in [2.75, 3.05) is 0 Å². The molecule has 0 saturated heterocycles. The van der Waals surface area contributed by atoms with E-state index in [4.69, 9.17) is 4.98 Å². The monoisotopic (exact) mass is 407 g/mol. The first-order valence-corrected chi connectivity index (χ1v) is 10.3. The van der Waals surface area contributed by atoms with Crippen molar-refractivity contribution in [3.05, 3.63) is 102 Å². The molecule has 0 aliphatic rings. The van der Waals surface area contributed by atoms with Crippen LogP contribution in [-0.4, -0.2) is 17.1 Å². The number of aromatic nitrogens is 1. The van der Waals surface area contributed by atoms with Crippen LogP contribution in [0.3, 0.4) is 0 Å². The summed E-state index contributed by atoms with van der Waals surface area (Å²) < 4.78 is 0. The lowest BCUT2D eigenvalue weighted by molar-refractivity contribution is 0.0956. The highest BCUT2D eigenvalue weighted by molar-refractivity contribution is 6.07. The molecule has 0 bridgehead atoms. The zero-order valence-corrected chi connectivity index (χ0v) is 18.0. The van der Waals surface area contributed by atoms with Gasteiger partial charge in [0.15, 0.2) is 0 Å². The van der Waals surface area contributed by atoms with Crippen LogP contribution in [0, 0.1) is 0 Å². The van der Waals surface area contributed by atoms with Gasteiger partial charge in [0, 0.05) is 10.9 Å². The van der Waals surface area contributed by atoms with Gasteiger partial charge < -0.3 is 0 Å². The predicted molar refractivity (Wildman–Crippen MR) is 127 cm³/mol. The number of carbonyl (C=O) groups is 1. The number of rotatable bonds is 4. The van der Waals surface area contributed by atoms with Gasteiger partial charge in [-0.2, -0.15) is 5.10 Å². The molecule has 4 rings (SSSR count). The summed E-state index contributed by atoms with van der Waals surface area (Å²) in [6.07, 6.45) is 1.66. The second kappa shape index (κ2) is 8.52. The maximum atomic E-state index is 13.0. The van der Waals surface area contributed by atoms with Crippen molar-refractivity contribution in [2.24, 2.45) is 5.10 Å². The number of hydrogen-bond acceptors (Lipinski definition) is 3. The molecule has 3 aromatic carbocycles. The molecule has 0 spiro atoms. The van der Waals surface area contributed by atoms with E-state index < -0.39 is 0 Å². The van der Waals surface area contributed by atoms with Gasteiger partial charge in [-0.1, -0.05) is 93.6 Å². The summed E-state index contributed by atoms with van der Waals surface area (Å²) in [5.41, 5.74) is 7.99. The quantitative estimate of drug-likeness (QED) is 0.335. The zero-order chi connectivity index (χ0) is 21.8. The van der Waals surface area contributed by atoms with Gasteiger partial charge in [0.1, 0.15) is 0 Å². The predicted octanol–water partition coefficient (Wildman–Crippen LogP) is 5.96. The van der Waals surface area contributed by atoms with Crippen molar-refractivity contribution in [3.63, 3.8) is 0 Å². The highest BCUT2D eigenvalue weighted by Gasteiger charge is 2.14. The Labute approximate surface area is 182 Å². The summed E-state index contributed by atoms with van der Waals surface area (Å²) in [6, 6.07) is 27.5. The number of benzene rings is 3. The van der Waals surface area contributed by atoms with E-state index in [1.54, 1.807) is 6.21 Å². The van der Waals surface area contributed by atoms with E-state index in [2.05, 4.69) is 43.4 Å². The number of fused-ring (bicyclic) bond motifs is 1. The summed E-state index contributed by atoms with van der Waals surface area (Å²) in [6.45, 7) is 6.54. The molecule has 0 fully saturated rings. The molecule has 0 aliphatic heterocycles. The number of amides is 1. The molecule has 1 amide bonds. The highest BCUT2D eigenvalue weighted by atomic mass is 16.2. The first-order chi connectivity index (χ1) is 14.9. The largest absolute Gasteiger partial charge is 0.272 e. The number of hydrogen-bond donors (Lipinski definition) is 1. The van der Waals surface area contributed by atoms with Gasteiger partial charge >= 0.3 is 0 Å². The van der Waals surface area contributed by atoms with Gasteiger partial charge in [-0.05, 0) is 28.7 Å². The van der Waals surface area contributed by atoms with E-state index in [0.717, 1.165) is 27.7 Å². The molecular formula is C27H25N3O. The molecule has 0 radical (unpaired) electrons. The van der Waals surface area contributed by atoms with Gasteiger partial charge in [-0.15, -0.1) is 0 Å². The number of carbonyl (C=O) groups excluding carboxylic acids is 1. The summed E-state index contributed by atoms with van der Waals surface area (Å²) in [4.78, 5) is 17.7. The number of hydrazone groups is 1. The molecule has 4 aromatic rings. The summed E-state index contributed by atoms with van der Waals surface area (Å²) in [5, 5.41) is 4.97. The van der Waals surface area contributed by atoms with E-state index >= 15 is 0 Å². The van der Waals surface area contributed by atoms with Crippen molar-refractivity contribution in [1.29, 1.82) is 0 Å². The van der Waals surface area contributed by atoms with Crippen LogP contribution >= 0.6 is 0 Å². The minimum atomic E-state index is -0.265. The second-order valence-electron chi connectivity index (χ2n) is 8.51. The molecule has 1 aromatic heterocycles. The van der Waals surface area contributed by atoms with Crippen LogP contribution in [0.25, 0.3) is 22.2 Å². The fourth-order valence-corrected chi connectivity index (χ4v) is 3.41. The van der Waals surface area contributed by atoms with Gasteiger partial charge in [0.05, 0.1) is 23.0 Å². The minimum absolute atomic E-state index is 0.1000. The molecule has 31 heavy (non-hydrogen) atoms. The molecule has 1 heterocycles. The Morgan fingerprint density at radius 2 is 1.58 bits per heavy atom. The third kappa shape index (κ3) is 4.69. The maximum Gasteiger partial charge on any atom is 0.272 e. The van der Waals surface area contributed by atoms with Crippen LogP contribution < -0.4 is 5.43 Å². The Morgan fingerprint density at radius 3 is 2.29 bits per heavy atom. The van der Waals surface area contributed by atoms with Crippen LogP contribution in [0.5, 0.6) is 0 Å². The van der Waals surface area contributed by atoms with E-state index in [0.29, 0.717) is 5.56 Å². The zero-order valence-electron chi connectivity index (χ0n) is 18.0. The number of pyridine rings is 1. The summed E-state index contributed by atoms with van der Waals surface area (Å²) in [7, 11) is 0. The van der Waals surface area contributed by atoms with Crippen LogP contribution in [0.1, 0.15) is 42.3 Å². The molecule has 1 N–H and O–H groups in total. The second-order valence-corrected chi connectivity index (χ2v) is 8.51. The summed E-state index contributed by atoms with van der Waals surface area (Å²) >= 11 is 0. The van der Waals surface area contributed by atoms with Crippen molar-refractivity contribution < 1.29 is 4.79 Å². The number of nitrogens with zero attached hydrogens (tertiary/aromatic N) is 2. The molecule has 0 saturated carbocycles. The average Bonchev–Trinajstić information content (AvgIpc) is 2.78. The fourth-order valence-electron chi connectivity index (χ4n) is 3.41. The van der Waals surface area contributed by atoms with Crippen LogP contribution in [0.15, 0.2) is 90.0 Å². The Balaban J connectivity index is 1.59. The van der Waals surface area contributed by atoms with Crippen LogP contribution in [0.4, 0.5) is 0 Å². The van der Waals surface area contributed by atoms with Gasteiger partial charge in [0.2, 0.25) is 0 Å². The Morgan fingerprint density at radius 1 is 0.903 bits per heavy atom. The van der Waals surface area contributed by atoms with Crippen molar-refractivity contribution in [1.82, 2.24) is 10.4 Å². The lowest BCUT2D eigenvalue weighted by Crippen LogP contribution is -2.18. The topological polar surface area (TPSA) is 54.4 Å². The van der Waals surface area contributed by atoms with E-state index in [9.17, 15) is 4.79 Å². The normalized spacial score (nSPS) is 11.7. The Hall–Kier alpha value is -3.79. The van der Waals surface area contributed by atoms with Gasteiger partial charge in [-0.3, -0.25) is 4.79 Å². The number of para-hydroxylation sites is 1. The molecule has 0 atom stereocenters.